The van der Waals surface area contributed by atoms with Crippen molar-refractivity contribution in [3.63, 3.8) is 0 Å². The predicted molar refractivity (Wildman–Crippen MR) is 93.5 cm³/mol. The molecule has 2 aliphatic heterocycles. The minimum absolute atomic E-state index is 0.640. The standard InChI is InChI=1S/C19H23N3O2/c1-2-7-20-19(3-1)21-12-16-6-8-22(14-16)13-15-4-5-17-18(11-15)24-10-9-23-17/h1-5,7,11,16H,6,8-10,12-14H2,(H,20,21)/t16-/m1/s1. The van der Waals surface area contributed by atoms with Crippen molar-refractivity contribution in [3.05, 3.63) is 48.2 Å². The average Bonchev–Trinajstić information content (AvgIpc) is 3.08. The van der Waals surface area contributed by atoms with E-state index in [9.17, 15) is 0 Å². The number of ether oxygens (including phenoxy) is 2. The lowest BCUT2D eigenvalue weighted by molar-refractivity contribution is 0.171. The first-order chi connectivity index (χ1) is 11.9. The Labute approximate surface area is 142 Å². The molecule has 0 aliphatic carbocycles. The van der Waals surface area contributed by atoms with Gasteiger partial charge in [0.1, 0.15) is 19.0 Å². The number of nitrogens with one attached hydrogen (secondary N) is 1. The van der Waals surface area contributed by atoms with E-state index in [1.807, 2.05) is 30.5 Å². The smallest absolute Gasteiger partial charge is 0.161 e. The normalized spacial score (nSPS) is 20.1. The van der Waals surface area contributed by atoms with Crippen LogP contribution >= 0.6 is 0 Å². The highest BCUT2D eigenvalue weighted by Gasteiger charge is 2.23. The van der Waals surface area contributed by atoms with Gasteiger partial charge in [-0.3, -0.25) is 4.90 Å². The number of aromatic nitrogens is 1. The Hall–Kier alpha value is -2.27. The van der Waals surface area contributed by atoms with Crippen molar-refractivity contribution in [2.24, 2.45) is 5.92 Å². The van der Waals surface area contributed by atoms with Crippen LogP contribution in [0.3, 0.4) is 0 Å². The molecule has 2 aliphatic rings. The second-order valence-corrected chi connectivity index (χ2v) is 6.46. The van der Waals surface area contributed by atoms with Gasteiger partial charge >= 0.3 is 0 Å². The maximum absolute atomic E-state index is 5.68. The third-order valence-electron chi connectivity index (χ3n) is 4.62. The molecule has 0 radical (unpaired) electrons. The van der Waals surface area contributed by atoms with Gasteiger partial charge in [0.2, 0.25) is 0 Å². The second-order valence-electron chi connectivity index (χ2n) is 6.46. The fraction of sp³-hybridized carbons (Fsp3) is 0.421. The molecule has 5 nitrogen and oxygen atoms in total. The van der Waals surface area contributed by atoms with Crippen molar-refractivity contribution in [1.29, 1.82) is 0 Å². The summed E-state index contributed by atoms with van der Waals surface area (Å²) in [5, 5.41) is 3.44. The maximum atomic E-state index is 5.68. The third kappa shape index (κ3) is 3.62. The molecule has 1 saturated heterocycles. The first kappa shape index (κ1) is 15.3. The molecule has 3 heterocycles. The summed E-state index contributed by atoms with van der Waals surface area (Å²) < 4.78 is 11.3. The molecule has 0 bridgehead atoms. The first-order valence-electron chi connectivity index (χ1n) is 8.62. The Morgan fingerprint density at radius 3 is 2.92 bits per heavy atom. The number of hydrogen-bond acceptors (Lipinski definition) is 5. The summed E-state index contributed by atoms with van der Waals surface area (Å²) in [5.74, 6) is 3.38. The van der Waals surface area contributed by atoms with Gasteiger partial charge in [0.05, 0.1) is 0 Å². The molecule has 0 amide bonds. The number of nitrogens with zero attached hydrogens (tertiary/aromatic N) is 2. The van der Waals surface area contributed by atoms with E-state index in [-0.39, 0.29) is 0 Å². The molecule has 1 atom stereocenters. The van der Waals surface area contributed by atoms with Gasteiger partial charge in [-0.05, 0) is 48.7 Å². The van der Waals surface area contributed by atoms with Crippen LogP contribution in [-0.2, 0) is 6.54 Å². The molecule has 0 spiro atoms. The number of likely N-dealkylation sites (tertiary alicyclic amines) is 1. The van der Waals surface area contributed by atoms with E-state index in [1.54, 1.807) is 0 Å². The number of rotatable bonds is 5. The van der Waals surface area contributed by atoms with Gasteiger partial charge in [-0.1, -0.05) is 12.1 Å². The zero-order chi connectivity index (χ0) is 16.2. The lowest BCUT2D eigenvalue weighted by Gasteiger charge is -2.21. The van der Waals surface area contributed by atoms with E-state index in [2.05, 4.69) is 27.3 Å². The van der Waals surface area contributed by atoms with Crippen LogP contribution in [-0.4, -0.2) is 42.7 Å². The van der Waals surface area contributed by atoms with Crippen LogP contribution in [0.2, 0.25) is 0 Å². The van der Waals surface area contributed by atoms with Crippen LogP contribution in [0.15, 0.2) is 42.6 Å². The van der Waals surface area contributed by atoms with E-state index >= 15 is 0 Å². The maximum Gasteiger partial charge on any atom is 0.161 e. The van der Waals surface area contributed by atoms with Crippen molar-refractivity contribution in [1.82, 2.24) is 9.88 Å². The zero-order valence-corrected chi connectivity index (χ0v) is 13.8. The van der Waals surface area contributed by atoms with Gasteiger partial charge in [0.25, 0.3) is 0 Å². The van der Waals surface area contributed by atoms with E-state index in [0.29, 0.717) is 19.1 Å². The van der Waals surface area contributed by atoms with Crippen LogP contribution < -0.4 is 14.8 Å². The molecule has 5 heteroatoms. The monoisotopic (exact) mass is 325 g/mol. The molecule has 126 valence electrons. The van der Waals surface area contributed by atoms with E-state index < -0.39 is 0 Å². The minimum Gasteiger partial charge on any atom is -0.486 e. The fourth-order valence-electron chi connectivity index (χ4n) is 3.38. The largest absolute Gasteiger partial charge is 0.486 e. The number of fused-ring (bicyclic) bond motifs is 1. The van der Waals surface area contributed by atoms with Crippen molar-refractivity contribution in [2.45, 2.75) is 13.0 Å². The summed E-state index contributed by atoms with van der Waals surface area (Å²) >= 11 is 0. The van der Waals surface area contributed by atoms with Crippen molar-refractivity contribution in [2.75, 3.05) is 38.2 Å². The first-order valence-corrected chi connectivity index (χ1v) is 8.62. The average molecular weight is 325 g/mol. The molecule has 0 saturated carbocycles. The van der Waals surface area contributed by atoms with Gasteiger partial charge in [-0.2, -0.15) is 0 Å². The predicted octanol–water partition coefficient (Wildman–Crippen LogP) is 2.79. The molecular weight excluding hydrogens is 302 g/mol. The number of benzene rings is 1. The number of anilines is 1. The van der Waals surface area contributed by atoms with Crippen molar-refractivity contribution in [3.8, 4) is 11.5 Å². The minimum atomic E-state index is 0.640. The highest BCUT2D eigenvalue weighted by atomic mass is 16.6. The Bertz CT molecular complexity index is 678. The summed E-state index contributed by atoms with van der Waals surface area (Å²) in [6.45, 7) is 5.49. The molecule has 1 N–H and O–H groups in total. The summed E-state index contributed by atoms with van der Waals surface area (Å²) in [6.07, 6.45) is 3.05. The summed E-state index contributed by atoms with van der Waals surface area (Å²) in [5.41, 5.74) is 1.29. The van der Waals surface area contributed by atoms with Crippen LogP contribution in [0.5, 0.6) is 11.5 Å². The fourth-order valence-corrected chi connectivity index (χ4v) is 3.38. The molecule has 0 unspecified atom stereocenters. The number of pyridine rings is 1. The van der Waals surface area contributed by atoms with E-state index in [1.165, 1.54) is 12.0 Å². The Morgan fingerprint density at radius 1 is 1.12 bits per heavy atom. The molecular formula is C19H23N3O2. The zero-order valence-electron chi connectivity index (χ0n) is 13.8. The molecule has 4 rings (SSSR count). The quantitative estimate of drug-likeness (QED) is 0.916. The lowest BCUT2D eigenvalue weighted by atomic mass is 10.1. The summed E-state index contributed by atoms with van der Waals surface area (Å²) in [4.78, 5) is 6.83. The number of hydrogen-bond donors (Lipinski definition) is 1. The van der Waals surface area contributed by atoms with Crippen molar-refractivity contribution < 1.29 is 9.47 Å². The summed E-state index contributed by atoms with van der Waals surface area (Å²) in [6, 6.07) is 12.3. The van der Waals surface area contributed by atoms with Crippen LogP contribution in [0, 0.1) is 5.92 Å². The van der Waals surface area contributed by atoms with Crippen LogP contribution in [0.25, 0.3) is 0 Å². The molecule has 1 aromatic heterocycles. The van der Waals surface area contributed by atoms with Gasteiger partial charge in [-0.15, -0.1) is 0 Å². The van der Waals surface area contributed by atoms with Crippen molar-refractivity contribution >= 4 is 5.82 Å². The lowest BCUT2D eigenvalue weighted by Crippen LogP contribution is -2.23. The van der Waals surface area contributed by atoms with E-state index in [0.717, 1.165) is 43.5 Å². The van der Waals surface area contributed by atoms with Gasteiger partial charge in [0, 0.05) is 25.8 Å². The Balaban J connectivity index is 1.29. The topological polar surface area (TPSA) is 46.6 Å². The van der Waals surface area contributed by atoms with Crippen LogP contribution in [0.4, 0.5) is 5.82 Å². The SMILES string of the molecule is c1ccc(NC[C@H]2CCN(Cc3ccc4c(c3)OCCO4)C2)nc1. The molecule has 1 fully saturated rings. The van der Waals surface area contributed by atoms with Crippen LogP contribution in [0.1, 0.15) is 12.0 Å². The third-order valence-corrected chi connectivity index (χ3v) is 4.62. The Morgan fingerprint density at radius 2 is 2.04 bits per heavy atom. The Kier molecular flexibility index (Phi) is 4.51. The molecule has 2 aromatic rings. The second kappa shape index (κ2) is 7.09. The highest BCUT2D eigenvalue weighted by Crippen LogP contribution is 2.31. The molecule has 1 aromatic carbocycles. The van der Waals surface area contributed by atoms with Gasteiger partial charge in [-0.25, -0.2) is 4.98 Å². The van der Waals surface area contributed by atoms with Gasteiger partial charge < -0.3 is 14.8 Å². The summed E-state index contributed by atoms with van der Waals surface area (Å²) in [7, 11) is 0. The van der Waals surface area contributed by atoms with Gasteiger partial charge in [0.15, 0.2) is 11.5 Å². The highest BCUT2D eigenvalue weighted by molar-refractivity contribution is 5.43. The molecule has 24 heavy (non-hydrogen) atoms. The van der Waals surface area contributed by atoms with E-state index in [4.69, 9.17) is 9.47 Å².